The van der Waals surface area contributed by atoms with E-state index in [0.29, 0.717) is 19.3 Å². The highest BCUT2D eigenvalue weighted by molar-refractivity contribution is 5.71. The molecule has 0 spiro atoms. The summed E-state index contributed by atoms with van der Waals surface area (Å²) < 4.78 is 16.9. The molecule has 0 saturated carbocycles. The standard InChI is InChI=1S/C76H136O6/c1-4-7-10-13-16-19-22-25-28-31-34-36-38-40-42-45-48-51-54-57-60-63-66-69-75(78)81-72-73(71-80-74(77)68-65-62-59-56-53-50-47-44-41-33-30-27-24-21-18-15-12-9-6-3)82-76(79)70-67-64-61-58-55-52-49-46-43-39-37-35-32-29-26-23-20-17-14-11-8-5-2/h9,12,18,21,27,30,41,44,50,53,59,62,73H,4-8,10-11,13-17,19-20,22-26,28-29,31-40,42-43,45-49,51-52,54-58,60-61,63-72H2,1-3H3/b12-9-,21-18-,30-27-,44-41-,53-50-,62-59-. The van der Waals surface area contributed by atoms with Gasteiger partial charge in [0, 0.05) is 19.3 Å². The number of unbranched alkanes of at least 4 members (excludes halogenated alkanes) is 43. The van der Waals surface area contributed by atoms with Gasteiger partial charge in [-0.2, -0.15) is 0 Å². The van der Waals surface area contributed by atoms with Gasteiger partial charge in [-0.05, 0) is 57.8 Å². The molecule has 0 fully saturated rings. The van der Waals surface area contributed by atoms with Crippen molar-refractivity contribution in [1.29, 1.82) is 0 Å². The van der Waals surface area contributed by atoms with Crippen LogP contribution in [0.3, 0.4) is 0 Å². The van der Waals surface area contributed by atoms with Crippen LogP contribution in [0.5, 0.6) is 0 Å². The lowest BCUT2D eigenvalue weighted by molar-refractivity contribution is -0.166. The number of ether oxygens (including phenoxy) is 3. The second kappa shape index (κ2) is 70.3. The largest absolute Gasteiger partial charge is 0.462 e. The molecule has 0 aromatic carbocycles. The van der Waals surface area contributed by atoms with Crippen LogP contribution in [0, 0.1) is 0 Å². The third-order valence-electron chi connectivity index (χ3n) is 16.0. The van der Waals surface area contributed by atoms with Crippen molar-refractivity contribution >= 4 is 17.9 Å². The van der Waals surface area contributed by atoms with E-state index >= 15 is 0 Å². The first-order valence-electron chi connectivity index (χ1n) is 35.9. The van der Waals surface area contributed by atoms with Crippen LogP contribution in [0.4, 0.5) is 0 Å². The van der Waals surface area contributed by atoms with E-state index in [2.05, 4.69) is 87.6 Å². The number of hydrogen-bond donors (Lipinski definition) is 0. The van der Waals surface area contributed by atoms with E-state index in [9.17, 15) is 14.4 Å². The van der Waals surface area contributed by atoms with Gasteiger partial charge in [-0.15, -0.1) is 0 Å². The van der Waals surface area contributed by atoms with E-state index in [-0.39, 0.29) is 37.5 Å². The van der Waals surface area contributed by atoms with E-state index in [1.165, 1.54) is 250 Å². The number of allylic oxidation sites excluding steroid dienone is 12. The average Bonchev–Trinajstić information content (AvgIpc) is 3.47. The summed E-state index contributed by atoms with van der Waals surface area (Å²) in [4.78, 5) is 38.5. The summed E-state index contributed by atoms with van der Waals surface area (Å²) in [6.07, 6.45) is 92.4. The van der Waals surface area contributed by atoms with Gasteiger partial charge in [-0.3, -0.25) is 14.4 Å². The molecule has 0 aliphatic carbocycles. The van der Waals surface area contributed by atoms with Gasteiger partial charge in [0.05, 0.1) is 0 Å². The van der Waals surface area contributed by atoms with Crippen molar-refractivity contribution in [2.75, 3.05) is 13.2 Å². The lowest BCUT2D eigenvalue weighted by atomic mass is 10.0. The highest BCUT2D eigenvalue weighted by Crippen LogP contribution is 2.19. The molecule has 0 saturated heterocycles. The van der Waals surface area contributed by atoms with Crippen LogP contribution in [0.25, 0.3) is 0 Å². The molecule has 0 aliphatic heterocycles. The highest BCUT2D eigenvalue weighted by atomic mass is 16.6. The van der Waals surface area contributed by atoms with E-state index in [0.717, 1.165) is 77.0 Å². The Balaban J connectivity index is 4.39. The third kappa shape index (κ3) is 67.6. The van der Waals surface area contributed by atoms with E-state index in [1.807, 2.05) is 6.08 Å². The molecule has 82 heavy (non-hydrogen) atoms. The molecule has 1 unspecified atom stereocenters. The Morgan fingerprint density at radius 1 is 0.256 bits per heavy atom. The van der Waals surface area contributed by atoms with Crippen LogP contribution in [0.1, 0.15) is 374 Å². The number of hydrogen-bond acceptors (Lipinski definition) is 6. The molecule has 0 heterocycles. The molecule has 0 N–H and O–H groups in total. The maximum absolute atomic E-state index is 13.0. The van der Waals surface area contributed by atoms with Gasteiger partial charge < -0.3 is 14.2 Å². The molecule has 0 aliphatic rings. The zero-order chi connectivity index (χ0) is 59.2. The first-order chi connectivity index (χ1) is 40.5. The lowest BCUT2D eigenvalue weighted by Crippen LogP contribution is -2.30. The molecule has 0 aromatic heterocycles. The topological polar surface area (TPSA) is 78.9 Å². The maximum atomic E-state index is 13.0. The van der Waals surface area contributed by atoms with E-state index in [4.69, 9.17) is 14.2 Å². The van der Waals surface area contributed by atoms with Crippen molar-refractivity contribution in [3.05, 3.63) is 72.9 Å². The number of carbonyl (C=O) groups is 3. The Labute approximate surface area is 510 Å². The minimum atomic E-state index is -0.805. The average molecular weight is 1150 g/mol. The SMILES string of the molecule is CC/C=C\C/C=C\C/C=C\C/C=C\C/C=C\C/C=C\CCC(=O)OCC(COC(=O)CCCCCCCCCCCCCCCCCCCCCCCCC)OC(=O)CCCCCCCCCCCCCCCCCCCCCCCC. The molecule has 476 valence electrons. The van der Waals surface area contributed by atoms with Gasteiger partial charge in [0.25, 0.3) is 0 Å². The zero-order valence-electron chi connectivity index (χ0n) is 54.8. The second-order valence-electron chi connectivity index (χ2n) is 24.1. The van der Waals surface area contributed by atoms with Crippen molar-refractivity contribution in [3.63, 3.8) is 0 Å². The van der Waals surface area contributed by atoms with Crippen LogP contribution < -0.4 is 0 Å². The normalized spacial score (nSPS) is 12.5. The van der Waals surface area contributed by atoms with Gasteiger partial charge in [0.2, 0.25) is 0 Å². The molecule has 1 atom stereocenters. The molecule has 6 heteroatoms. The Kier molecular flexibility index (Phi) is 67.6. The quantitative estimate of drug-likeness (QED) is 0.0261. The van der Waals surface area contributed by atoms with Crippen molar-refractivity contribution in [3.8, 4) is 0 Å². The van der Waals surface area contributed by atoms with Crippen molar-refractivity contribution < 1.29 is 28.6 Å². The molecule has 6 nitrogen and oxygen atoms in total. The highest BCUT2D eigenvalue weighted by Gasteiger charge is 2.19. The molecule has 0 amide bonds. The minimum Gasteiger partial charge on any atom is -0.462 e. The Morgan fingerprint density at radius 2 is 0.476 bits per heavy atom. The molecule has 0 aromatic rings. The van der Waals surface area contributed by atoms with Gasteiger partial charge in [-0.1, -0.05) is 370 Å². The van der Waals surface area contributed by atoms with Gasteiger partial charge >= 0.3 is 17.9 Å². The third-order valence-corrected chi connectivity index (χ3v) is 16.0. The second-order valence-corrected chi connectivity index (χ2v) is 24.1. The van der Waals surface area contributed by atoms with Crippen LogP contribution in [0.2, 0.25) is 0 Å². The smallest absolute Gasteiger partial charge is 0.306 e. The van der Waals surface area contributed by atoms with Crippen LogP contribution in [0.15, 0.2) is 72.9 Å². The summed E-state index contributed by atoms with van der Waals surface area (Å²) in [5.41, 5.74) is 0. The number of esters is 3. The van der Waals surface area contributed by atoms with Crippen LogP contribution in [-0.4, -0.2) is 37.2 Å². The van der Waals surface area contributed by atoms with Crippen molar-refractivity contribution in [1.82, 2.24) is 0 Å². The van der Waals surface area contributed by atoms with Crippen LogP contribution >= 0.6 is 0 Å². The summed E-state index contributed by atoms with van der Waals surface area (Å²) in [6, 6.07) is 0. The van der Waals surface area contributed by atoms with Crippen LogP contribution in [-0.2, 0) is 28.6 Å². The summed E-state index contributed by atoms with van der Waals surface area (Å²) in [6.45, 7) is 6.54. The Morgan fingerprint density at radius 3 is 0.744 bits per heavy atom. The lowest BCUT2D eigenvalue weighted by Gasteiger charge is -2.18. The fraction of sp³-hybridized carbons (Fsp3) is 0.803. The number of rotatable bonds is 66. The Bertz CT molecular complexity index is 1500. The van der Waals surface area contributed by atoms with Crippen molar-refractivity contribution in [2.24, 2.45) is 0 Å². The Hall–Kier alpha value is -3.15. The minimum absolute atomic E-state index is 0.0935. The summed E-state index contributed by atoms with van der Waals surface area (Å²) in [5.74, 6) is -0.956. The summed E-state index contributed by atoms with van der Waals surface area (Å²) in [7, 11) is 0. The maximum Gasteiger partial charge on any atom is 0.306 e. The first kappa shape index (κ1) is 78.8. The zero-order valence-corrected chi connectivity index (χ0v) is 54.8. The number of carbonyl (C=O) groups excluding carboxylic acids is 3. The predicted molar refractivity (Wildman–Crippen MR) is 358 cm³/mol. The summed E-state index contributed by atoms with van der Waals surface area (Å²) >= 11 is 0. The molecule has 0 bridgehead atoms. The van der Waals surface area contributed by atoms with E-state index < -0.39 is 6.10 Å². The predicted octanol–water partition coefficient (Wildman–Crippen LogP) is 24.8. The molecular formula is C76H136O6. The molecule has 0 rings (SSSR count). The monoisotopic (exact) mass is 1150 g/mol. The van der Waals surface area contributed by atoms with Gasteiger partial charge in [-0.25, -0.2) is 0 Å². The van der Waals surface area contributed by atoms with E-state index in [1.54, 1.807) is 0 Å². The fourth-order valence-electron chi connectivity index (χ4n) is 10.7. The molecule has 0 radical (unpaired) electrons. The van der Waals surface area contributed by atoms with Crippen molar-refractivity contribution in [2.45, 2.75) is 380 Å². The van der Waals surface area contributed by atoms with Gasteiger partial charge in [0.15, 0.2) is 6.10 Å². The summed E-state index contributed by atoms with van der Waals surface area (Å²) in [5, 5.41) is 0. The van der Waals surface area contributed by atoms with Gasteiger partial charge in [0.1, 0.15) is 13.2 Å². The molecular weight excluding hydrogens is 1010 g/mol. The first-order valence-corrected chi connectivity index (χ1v) is 35.9. The fourth-order valence-corrected chi connectivity index (χ4v) is 10.7.